The fourth-order valence-electron chi connectivity index (χ4n) is 0.728. The molecule has 0 atom stereocenters. The largest absolute Gasteiger partial charge is 0.466 e. The normalized spacial score (nSPS) is 10.2. The Labute approximate surface area is 72.4 Å². The molecule has 0 aliphatic rings. The first-order valence-electron chi connectivity index (χ1n) is 4.01. The van der Waals surface area contributed by atoms with E-state index in [1.807, 2.05) is 0 Å². The van der Waals surface area contributed by atoms with Gasteiger partial charge in [-0.25, -0.2) is 0 Å². The van der Waals surface area contributed by atoms with Crippen LogP contribution < -0.4 is 0 Å². The molecule has 0 aromatic rings. The summed E-state index contributed by atoms with van der Waals surface area (Å²) >= 11 is 0. The minimum atomic E-state index is -0.310. The second-order valence-electron chi connectivity index (χ2n) is 2.27. The maximum absolute atomic E-state index is 10.9. The molecule has 0 fully saturated rings. The van der Waals surface area contributed by atoms with E-state index in [4.69, 9.17) is 0 Å². The first-order valence-corrected chi connectivity index (χ1v) is 4.01. The van der Waals surface area contributed by atoms with Gasteiger partial charge in [0.15, 0.2) is 5.78 Å². The maximum atomic E-state index is 10.9. The molecule has 0 rings (SSSR count). The van der Waals surface area contributed by atoms with Crippen molar-refractivity contribution >= 4 is 11.8 Å². The molecule has 0 amide bonds. The van der Waals surface area contributed by atoms with Gasteiger partial charge in [0.2, 0.25) is 0 Å². The molecule has 0 spiro atoms. The number of allylic oxidation sites excluding steroid dienone is 2. The number of hydrogen-bond donors (Lipinski definition) is 0. The number of hydrogen-bond acceptors (Lipinski definition) is 3. The molecule has 0 saturated carbocycles. The van der Waals surface area contributed by atoms with Crippen LogP contribution in [0, 0.1) is 0 Å². The van der Waals surface area contributed by atoms with E-state index >= 15 is 0 Å². The van der Waals surface area contributed by atoms with Crippen molar-refractivity contribution in [1.82, 2.24) is 0 Å². The lowest BCUT2D eigenvalue weighted by Crippen LogP contribution is -2.06. The van der Waals surface area contributed by atoms with Crippen molar-refractivity contribution < 1.29 is 14.3 Å². The molecule has 0 aliphatic carbocycles. The Balaban J connectivity index is 3.54. The summed E-state index contributed by atoms with van der Waals surface area (Å²) in [6, 6.07) is 0. The molecule has 0 saturated heterocycles. The third-order valence-electron chi connectivity index (χ3n) is 1.23. The highest BCUT2D eigenvalue weighted by atomic mass is 16.5. The van der Waals surface area contributed by atoms with E-state index < -0.39 is 0 Å². The van der Waals surface area contributed by atoms with Gasteiger partial charge in [0.1, 0.15) is 0 Å². The van der Waals surface area contributed by atoms with Crippen molar-refractivity contribution in [3.8, 4) is 0 Å². The van der Waals surface area contributed by atoms with Gasteiger partial charge in [0.25, 0.3) is 0 Å². The molecular weight excluding hydrogens is 156 g/mol. The topological polar surface area (TPSA) is 43.4 Å². The van der Waals surface area contributed by atoms with E-state index in [9.17, 15) is 9.59 Å². The van der Waals surface area contributed by atoms with Gasteiger partial charge in [0, 0.05) is 6.42 Å². The van der Waals surface area contributed by atoms with Gasteiger partial charge in [-0.2, -0.15) is 0 Å². The summed E-state index contributed by atoms with van der Waals surface area (Å²) in [4.78, 5) is 21.6. The van der Waals surface area contributed by atoms with E-state index in [1.54, 1.807) is 19.9 Å². The Morgan fingerprint density at radius 2 is 2.00 bits per heavy atom. The predicted molar refractivity (Wildman–Crippen MR) is 45.7 cm³/mol. The van der Waals surface area contributed by atoms with Crippen LogP contribution in [0.25, 0.3) is 0 Å². The average molecular weight is 170 g/mol. The SMILES string of the molecule is CC=CC(=O)CCC(=O)OCC. The summed E-state index contributed by atoms with van der Waals surface area (Å²) in [5.41, 5.74) is 0. The zero-order valence-corrected chi connectivity index (χ0v) is 7.50. The van der Waals surface area contributed by atoms with E-state index in [1.165, 1.54) is 6.08 Å². The van der Waals surface area contributed by atoms with Crippen LogP contribution >= 0.6 is 0 Å². The molecule has 0 aliphatic heterocycles. The van der Waals surface area contributed by atoms with E-state index in [-0.39, 0.29) is 24.6 Å². The summed E-state index contributed by atoms with van der Waals surface area (Å²) in [6.07, 6.45) is 3.53. The second kappa shape index (κ2) is 6.58. The van der Waals surface area contributed by atoms with Crippen molar-refractivity contribution in [2.45, 2.75) is 26.7 Å². The summed E-state index contributed by atoms with van der Waals surface area (Å²) in [5.74, 6) is -0.346. The molecule has 0 bridgehead atoms. The molecule has 12 heavy (non-hydrogen) atoms. The molecule has 68 valence electrons. The summed E-state index contributed by atoms with van der Waals surface area (Å²) in [5, 5.41) is 0. The Morgan fingerprint density at radius 1 is 1.33 bits per heavy atom. The summed E-state index contributed by atoms with van der Waals surface area (Å²) < 4.78 is 4.66. The number of ketones is 1. The minimum absolute atomic E-state index is 0.0365. The van der Waals surface area contributed by atoms with Crippen molar-refractivity contribution in [1.29, 1.82) is 0 Å². The summed E-state index contributed by atoms with van der Waals surface area (Å²) in [7, 11) is 0. The Bertz CT molecular complexity index is 182. The lowest BCUT2D eigenvalue weighted by molar-refractivity contribution is -0.144. The molecule has 0 heterocycles. The molecular formula is C9H14O3. The average Bonchev–Trinajstić information content (AvgIpc) is 2.02. The highest BCUT2D eigenvalue weighted by Gasteiger charge is 2.03. The monoisotopic (exact) mass is 170 g/mol. The van der Waals surface area contributed by atoms with Crippen molar-refractivity contribution in [3.05, 3.63) is 12.2 Å². The third-order valence-corrected chi connectivity index (χ3v) is 1.23. The van der Waals surface area contributed by atoms with Crippen molar-refractivity contribution in [2.24, 2.45) is 0 Å². The standard InChI is InChI=1S/C9H14O3/c1-3-5-8(10)6-7-9(11)12-4-2/h3,5H,4,6-7H2,1-2H3. The highest BCUT2D eigenvalue weighted by molar-refractivity contribution is 5.91. The van der Waals surface area contributed by atoms with Gasteiger partial charge in [-0.3, -0.25) is 9.59 Å². The number of esters is 1. The zero-order chi connectivity index (χ0) is 9.40. The Morgan fingerprint density at radius 3 is 2.50 bits per heavy atom. The fourth-order valence-corrected chi connectivity index (χ4v) is 0.728. The van der Waals surface area contributed by atoms with Crippen LogP contribution in [0.3, 0.4) is 0 Å². The first-order chi connectivity index (χ1) is 5.70. The lowest BCUT2D eigenvalue weighted by atomic mass is 10.2. The van der Waals surface area contributed by atoms with Crippen LogP contribution in [0.2, 0.25) is 0 Å². The molecule has 0 unspecified atom stereocenters. The van der Waals surface area contributed by atoms with Crippen molar-refractivity contribution in [2.75, 3.05) is 6.61 Å². The van der Waals surface area contributed by atoms with Crippen LogP contribution in [0.15, 0.2) is 12.2 Å². The first kappa shape index (κ1) is 10.9. The minimum Gasteiger partial charge on any atom is -0.466 e. The maximum Gasteiger partial charge on any atom is 0.306 e. The van der Waals surface area contributed by atoms with Crippen LogP contribution in [-0.4, -0.2) is 18.4 Å². The number of ether oxygens (including phenoxy) is 1. The van der Waals surface area contributed by atoms with E-state index in [0.29, 0.717) is 6.61 Å². The molecule has 0 N–H and O–H groups in total. The summed E-state index contributed by atoms with van der Waals surface area (Å²) in [6.45, 7) is 3.88. The molecule has 3 nitrogen and oxygen atoms in total. The Hall–Kier alpha value is -1.12. The number of rotatable bonds is 5. The fraction of sp³-hybridized carbons (Fsp3) is 0.556. The molecule has 0 radical (unpaired) electrons. The number of carbonyl (C=O) groups excluding carboxylic acids is 2. The lowest BCUT2D eigenvalue weighted by Gasteiger charge is -1.98. The molecule has 0 aromatic heterocycles. The molecule has 3 heteroatoms. The van der Waals surface area contributed by atoms with Gasteiger partial charge >= 0.3 is 5.97 Å². The third kappa shape index (κ3) is 5.65. The predicted octanol–water partition coefficient (Wildman–Crippen LogP) is 1.47. The van der Waals surface area contributed by atoms with Gasteiger partial charge in [-0.05, 0) is 19.9 Å². The Kier molecular flexibility index (Phi) is 5.97. The van der Waals surface area contributed by atoms with Crippen LogP contribution in [-0.2, 0) is 14.3 Å². The van der Waals surface area contributed by atoms with Crippen molar-refractivity contribution in [3.63, 3.8) is 0 Å². The molecule has 0 aromatic carbocycles. The number of carbonyl (C=O) groups is 2. The van der Waals surface area contributed by atoms with Gasteiger partial charge in [-0.15, -0.1) is 0 Å². The van der Waals surface area contributed by atoms with Crippen LogP contribution in [0.5, 0.6) is 0 Å². The highest BCUT2D eigenvalue weighted by Crippen LogP contribution is 1.95. The zero-order valence-electron chi connectivity index (χ0n) is 7.50. The van der Waals surface area contributed by atoms with Gasteiger partial charge in [0.05, 0.1) is 13.0 Å². The van der Waals surface area contributed by atoms with Crippen LogP contribution in [0.1, 0.15) is 26.7 Å². The van der Waals surface area contributed by atoms with Gasteiger partial charge in [-0.1, -0.05) is 6.08 Å². The smallest absolute Gasteiger partial charge is 0.306 e. The van der Waals surface area contributed by atoms with E-state index in [2.05, 4.69) is 4.74 Å². The van der Waals surface area contributed by atoms with E-state index in [0.717, 1.165) is 0 Å². The van der Waals surface area contributed by atoms with Gasteiger partial charge < -0.3 is 4.74 Å². The van der Waals surface area contributed by atoms with Crippen LogP contribution in [0.4, 0.5) is 0 Å². The second-order valence-corrected chi connectivity index (χ2v) is 2.27. The quantitative estimate of drug-likeness (QED) is 0.463.